The van der Waals surface area contributed by atoms with E-state index in [1.165, 1.54) is 0 Å². The normalized spacial score (nSPS) is 10.6. The van der Waals surface area contributed by atoms with E-state index in [9.17, 15) is 4.79 Å². The molecule has 0 aliphatic rings. The van der Waals surface area contributed by atoms with Crippen LogP contribution in [0.2, 0.25) is 0 Å². The Balaban J connectivity index is 1.92. The van der Waals surface area contributed by atoms with Crippen LogP contribution in [-0.4, -0.2) is 10.9 Å². The summed E-state index contributed by atoms with van der Waals surface area (Å²) in [5.41, 5.74) is 2.44. The predicted molar refractivity (Wildman–Crippen MR) is 85.4 cm³/mol. The fraction of sp³-hybridized carbons (Fsp3) is 0. The second-order valence-electron chi connectivity index (χ2n) is 4.21. The van der Waals surface area contributed by atoms with Gasteiger partial charge in [-0.05, 0) is 46.9 Å². The van der Waals surface area contributed by atoms with Gasteiger partial charge in [0.25, 0.3) is 5.91 Å². The number of hydrogen-bond acceptors (Lipinski definition) is 1. The molecule has 94 valence electrons. The van der Waals surface area contributed by atoms with E-state index < -0.39 is 0 Å². The average molecular weight is 362 g/mol. The summed E-state index contributed by atoms with van der Waals surface area (Å²) in [5.74, 6) is -0.0977. The third kappa shape index (κ3) is 2.49. The first-order valence-corrected chi connectivity index (χ1v) is 6.95. The van der Waals surface area contributed by atoms with Crippen LogP contribution in [-0.2, 0) is 0 Å². The Labute approximate surface area is 124 Å². The zero-order valence-electron chi connectivity index (χ0n) is 9.98. The highest BCUT2D eigenvalue weighted by atomic mass is 127. The molecule has 3 rings (SSSR count). The Bertz CT molecular complexity index is 748. The summed E-state index contributed by atoms with van der Waals surface area (Å²) in [6, 6.07) is 15.5. The number of nitrogens with one attached hydrogen (secondary N) is 2. The second kappa shape index (κ2) is 5.05. The monoisotopic (exact) mass is 362 g/mol. The Hall–Kier alpha value is -1.82. The van der Waals surface area contributed by atoms with Gasteiger partial charge in [0.15, 0.2) is 0 Å². The van der Waals surface area contributed by atoms with E-state index in [-0.39, 0.29) is 5.91 Å². The summed E-state index contributed by atoms with van der Waals surface area (Å²) in [4.78, 5) is 15.4. The van der Waals surface area contributed by atoms with Gasteiger partial charge in [-0.1, -0.05) is 24.3 Å². The van der Waals surface area contributed by atoms with Crippen LogP contribution in [0.25, 0.3) is 10.9 Å². The maximum Gasteiger partial charge on any atom is 0.257 e. The highest BCUT2D eigenvalue weighted by molar-refractivity contribution is 14.1. The van der Waals surface area contributed by atoms with Crippen molar-refractivity contribution in [2.45, 2.75) is 0 Å². The van der Waals surface area contributed by atoms with E-state index in [0.717, 1.165) is 20.2 Å². The van der Waals surface area contributed by atoms with Crippen LogP contribution >= 0.6 is 22.6 Å². The molecule has 0 unspecified atom stereocenters. The molecule has 0 atom stereocenters. The van der Waals surface area contributed by atoms with Gasteiger partial charge in [-0.2, -0.15) is 0 Å². The van der Waals surface area contributed by atoms with Gasteiger partial charge in [-0.3, -0.25) is 4.79 Å². The molecule has 0 fully saturated rings. The molecule has 0 saturated carbocycles. The molecule has 0 bridgehead atoms. The molecular weight excluding hydrogens is 351 g/mol. The Morgan fingerprint density at radius 1 is 1.11 bits per heavy atom. The number of amides is 1. The summed E-state index contributed by atoms with van der Waals surface area (Å²) in [5, 5.41) is 3.85. The van der Waals surface area contributed by atoms with E-state index in [1.807, 2.05) is 48.5 Å². The third-order valence-electron chi connectivity index (χ3n) is 2.92. The Morgan fingerprint density at radius 2 is 1.95 bits per heavy atom. The minimum atomic E-state index is -0.0977. The lowest BCUT2D eigenvalue weighted by Gasteiger charge is -2.04. The molecule has 2 aromatic carbocycles. The summed E-state index contributed by atoms with van der Waals surface area (Å²) in [6.45, 7) is 0. The van der Waals surface area contributed by atoms with E-state index in [1.54, 1.807) is 6.20 Å². The molecule has 0 aliphatic heterocycles. The lowest BCUT2D eigenvalue weighted by Crippen LogP contribution is -2.11. The molecular formula is C15H11IN2O. The van der Waals surface area contributed by atoms with Crippen molar-refractivity contribution in [3.63, 3.8) is 0 Å². The number of aromatic amines is 1. The van der Waals surface area contributed by atoms with Crippen LogP contribution in [0.1, 0.15) is 10.4 Å². The topological polar surface area (TPSA) is 44.9 Å². The van der Waals surface area contributed by atoms with Crippen LogP contribution in [0.3, 0.4) is 0 Å². The largest absolute Gasteiger partial charge is 0.360 e. The van der Waals surface area contributed by atoms with Crippen LogP contribution in [0.4, 0.5) is 5.69 Å². The van der Waals surface area contributed by atoms with Gasteiger partial charge < -0.3 is 10.3 Å². The number of carbonyl (C=O) groups excluding carboxylic acids is 1. The summed E-state index contributed by atoms with van der Waals surface area (Å²) < 4.78 is 1.09. The number of aromatic nitrogens is 1. The fourth-order valence-corrected chi connectivity index (χ4v) is 2.57. The predicted octanol–water partition coefficient (Wildman–Crippen LogP) is 4.02. The number of H-pyrrole nitrogens is 1. The van der Waals surface area contributed by atoms with Crippen molar-refractivity contribution < 1.29 is 4.79 Å². The SMILES string of the molecule is O=C(Nc1cccc(I)c1)c1c[nH]c2ccccc12. The molecule has 2 N–H and O–H groups in total. The molecule has 0 aliphatic carbocycles. The first-order valence-electron chi connectivity index (χ1n) is 5.87. The van der Waals surface area contributed by atoms with E-state index in [4.69, 9.17) is 0 Å². The van der Waals surface area contributed by atoms with Crippen LogP contribution in [0, 0.1) is 3.57 Å². The van der Waals surface area contributed by atoms with Crippen LogP contribution < -0.4 is 5.32 Å². The summed E-state index contributed by atoms with van der Waals surface area (Å²) in [7, 11) is 0. The summed E-state index contributed by atoms with van der Waals surface area (Å²) >= 11 is 2.22. The first-order chi connectivity index (χ1) is 9.24. The number of carbonyl (C=O) groups is 1. The molecule has 3 nitrogen and oxygen atoms in total. The summed E-state index contributed by atoms with van der Waals surface area (Å²) in [6.07, 6.45) is 1.74. The maximum atomic E-state index is 12.3. The van der Waals surface area contributed by atoms with Gasteiger partial charge in [0.1, 0.15) is 0 Å². The molecule has 0 radical (unpaired) electrons. The van der Waals surface area contributed by atoms with Crippen LogP contribution in [0.5, 0.6) is 0 Å². The number of para-hydroxylation sites is 1. The number of fused-ring (bicyclic) bond motifs is 1. The Kier molecular flexibility index (Phi) is 3.25. The van der Waals surface area contributed by atoms with Crippen molar-refractivity contribution in [3.05, 3.63) is 63.9 Å². The number of benzene rings is 2. The second-order valence-corrected chi connectivity index (χ2v) is 5.46. The number of hydrogen-bond donors (Lipinski definition) is 2. The van der Waals surface area contributed by atoms with Crippen molar-refractivity contribution in [2.75, 3.05) is 5.32 Å². The van der Waals surface area contributed by atoms with Crippen LogP contribution in [0.15, 0.2) is 54.7 Å². The standard InChI is InChI=1S/C15H11IN2O/c16-10-4-3-5-11(8-10)18-15(19)13-9-17-14-7-2-1-6-12(13)14/h1-9,17H,(H,18,19). The van der Waals surface area contributed by atoms with Crippen molar-refractivity contribution in [2.24, 2.45) is 0 Å². The molecule has 1 aromatic heterocycles. The number of rotatable bonds is 2. The minimum Gasteiger partial charge on any atom is -0.360 e. The van der Waals surface area contributed by atoms with E-state index in [2.05, 4.69) is 32.9 Å². The van der Waals surface area contributed by atoms with E-state index >= 15 is 0 Å². The first kappa shape index (κ1) is 12.2. The van der Waals surface area contributed by atoms with Gasteiger partial charge >= 0.3 is 0 Å². The van der Waals surface area contributed by atoms with E-state index in [0.29, 0.717) is 5.56 Å². The van der Waals surface area contributed by atoms with Crippen molar-refractivity contribution in [3.8, 4) is 0 Å². The number of halogens is 1. The maximum absolute atomic E-state index is 12.3. The van der Waals surface area contributed by atoms with Gasteiger partial charge in [0.2, 0.25) is 0 Å². The minimum absolute atomic E-state index is 0.0977. The lowest BCUT2D eigenvalue weighted by atomic mass is 10.1. The fourth-order valence-electron chi connectivity index (χ4n) is 2.02. The van der Waals surface area contributed by atoms with Gasteiger partial charge in [-0.25, -0.2) is 0 Å². The molecule has 0 spiro atoms. The van der Waals surface area contributed by atoms with Gasteiger partial charge in [0.05, 0.1) is 5.56 Å². The molecule has 3 aromatic rings. The quantitative estimate of drug-likeness (QED) is 0.665. The zero-order chi connectivity index (χ0) is 13.2. The van der Waals surface area contributed by atoms with Gasteiger partial charge in [0, 0.05) is 26.4 Å². The molecule has 19 heavy (non-hydrogen) atoms. The van der Waals surface area contributed by atoms with Gasteiger partial charge in [-0.15, -0.1) is 0 Å². The zero-order valence-corrected chi connectivity index (χ0v) is 12.1. The third-order valence-corrected chi connectivity index (χ3v) is 3.59. The van der Waals surface area contributed by atoms with Crippen molar-refractivity contribution in [1.82, 2.24) is 4.98 Å². The molecule has 1 heterocycles. The average Bonchev–Trinajstić information content (AvgIpc) is 2.82. The molecule has 1 amide bonds. The highest BCUT2D eigenvalue weighted by Crippen LogP contribution is 2.19. The Morgan fingerprint density at radius 3 is 2.79 bits per heavy atom. The number of anilines is 1. The van der Waals surface area contributed by atoms with Crippen molar-refractivity contribution in [1.29, 1.82) is 0 Å². The molecule has 4 heteroatoms. The lowest BCUT2D eigenvalue weighted by molar-refractivity contribution is 0.102. The molecule has 0 saturated heterocycles. The van der Waals surface area contributed by atoms with Crippen molar-refractivity contribution >= 4 is 45.1 Å². The highest BCUT2D eigenvalue weighted by Gasteiger charge is 2.11. The smallest absolute Gasteiger partial charge is 0.257 e.